The summed E-state index contributed by atoms with van der Waals surface area (Å²) in [6.07, 6.45) is 4.35. The van der Waals surface area contributed by atoms with Gasteiger partial charge >= 0.3 is 0 Å². The minimum absolute atomic E-state index is 0.0354. The number of carbonyl (C=O) groups is 1. The molecular weight excluding hydrogens is 266 g/mol. The number of ether oxygens (including phenoxy) is 1. The number of aliphatic hydroxyl groups is 1. The molecule has 118 valence electrons. The molecule has 1 aromatic carbocycles. The molecule has 0 aliphatic heterocycles. The molecule has 0 heterocycles. The molecule has 0 radical (unpaired) electrons. The fourth-order valence-electron chi connectivity index (χ4n) is 2.22. The van der Waals surface area contributed by atoms with E-state index in [4.69, 9.17) is 9.84 Å². The first-order chi connectivity index (χ1) is 10.2. The van der Waals surface area contributed by atoms with Gasteiger partial charge in [-0.2, -0.15) is 0 Å². The van der Waals surface area contributed by atoms with Crippen LogP contribution >= 0.6 is 0 Å². The molecule has 0 aliphatic rings. The van der Waals surface area contributed by atoms with Crippen molar-refractivity contribution in [3.05, 3.63) is 35.4 Å². The fraction of sp³-hybridized carbons (Fsp3) is 0.588. The van der Waals surface area contributed by atoms with Gasteiger partial charge in [0.25, 0.3) is 0 Å². The van der Waals surface area contributed by atoms with Gasteiger partial charge in [0, 0.05) is 13.7 Å². The zero-order chi connectivity index (χ0) is 15.5. The molecule has 2 N–H and O–H groups in total. The van der Waals surface area contributed by atoms with E-state index in [1.165, 1.54) is 18.4 Å². The Morgan fingerprint density at radius 2 is 1.95 bits per heavy atom. The molecule has 0 aliphatic carbocycles. The number of nitrogens with one attached hydrogen (secondary N) is 1. The number of hydrogen-bond acceptors (Lipinski definition) is 3. The quantitative estimate of drug-likeness (QED) is 0.694. The van der Waals surface area contributed by atoms with Crippen LogP contribution in [0.25, 0.3) is 0 Å². The van der Waals surface area contributed by atoms with Crippen LogP contribution in [0.5, 0.6) is 0 Å². The maximum Gasteiger partial charge on any atom is 0.224 e. The number of methoxy groups -OCH3 is 1. The van der Waals surface area contributed by atoms with E-state index in [0.717, 1.165) is 12.0 Å². The molecule has 4 nitrogen and oxygen atoms in total. The smallest absolute Gasteiger partial charge is 0.224 e. The van der Waals surface area contributed by atoms with Gasteiger partial charge in [-0.3, -0.25) is 4.79 Å². The molecule has 1 unspecified atom stereocenters. The Labute approximate surface area is 127 Å². The summed E-state index contributed by atoms with van der Waals surface area (Å²) in [6, 6.07) is 8.09. The summed E-state index contributed by atoms with van der Waals surface area (Å²) < 4.78 is 5.04. The third kappa shape index (κ3) is 7.25. The van der Waals surface area contributed by atoms with Crippen LogP contribution < -0.4 is 5.32 Å². The third-order valence-corrected chi connectivity index (χ3v) is 3.42. The number of carbonyl (C=O) groups excluding carboxylic acids is 1. The highest BCUT2D eigenvalue weighted by molar-refractivity contribution is 5.78. The maximum absolute atomic E-state index is 12.0. The van der Waals surface area contributed by atoms with Gasteiger partial charge < -0.3 is 15.2 Å². The van der Waals surface area contributed by atoms with Crippen LogP contribution in [0.15, 0.2) is 24.3 Å². The van der Waals surface area contributed by atoms with Crippen molar-refractivity contribution in [2.75, 3.05) is 20.3 Å². The Hall–Kier alpha value is -1.39. The maximum atomic E-state index is 12.0. The number of aryl methyl sites for hydroxylation is 1. The largest absolute Gasteiger partial charge is 0.396 e. The van der Waals surface area contributed by atoms with Gasteiger partial charge in [0.05, 0.1) is 19.1 Å². The predicted octanol–water partition coefficient (Wildman–Crippen LogP) is 2.09. The van der Waals surface area contributed by atoms with Crippen molar-refractivity contribution < 1.29 is 14.6 Å². The molecule has 1 aromatic rings. The van der Waals surface area contributed by atoms with Crippen molar-refractivity contribution in [1.82, 2.24) is 5.32 Å². The van der Waals surface area contributed by atoms with E-state index in [0.29, 0.717) is 19.4 Å². The number of unbranched alkanes of at least 4 members (excludes halogenated alkanes) is 1. The summed E-state index contributed by atoms with van der Waals surface area (Å²) in [5.74, 6) is -0.0354. The first-order valence-electron chi connectivity index (χ1n) is 7.66. The molecule has 1 atom stereocenters. The molecule has 1 rings (SSSR count). The Morgan fingerprint density at radius 1 is 1.29 bits per heavy atom. The van der Waals surface area contributed by atoms with E-state index >= 15 is 0 Å². The molecule has 0 aromatic heterocycles. The number of hydrogen-bond donors (Lipinski definition) is 2. The van der Waals surface area contributed by atoms with Gasteiger partial charge in [0.2, 0.25) is 5.91 Å². The SMILES string of the molecule is CCCCc1ccc(CC(=O)NC(CCO)COC)cc1. The summed E-state index contributed by atoms with van der Waals surface area (Å²) in [5.41, 5.74) is 2.33. The molecule has 0 saturated heterocycles. The van der Waals surface area contributed by atoms with Gasteiger partial charge in [-0.25, -0.2) is 0 Å². The Morgan fingerprint density at radius 3 is 2.52 bits per heavy atom. The first-order valence-corrected chi connectivity index (χ1v) is 7.66. The van der Waals surface area contributed by atoms with Crippen molar-refractivity contribution in [3.63, 3.8) is 0 Å². The molecule has 1 amide bonds. The second-order valence-electron chi connectivity index (χ2n) is 5.33. The van der Waals surface area contributed by atoms with E-state index in [1.807, 2.05) is 12.1 Å². The van der Waals surface area contributed by atoms with E-state index in [2.05, 4.69) is 24.4 Å². The minimum Gasteiger partial charge on any atom is -0.396 e. The second-order valence-corrected chi connectivity index (χ2v) is 5.33. The first kappa shape index (κ1) is 17.7. The Kier molecular flexibility index (Phi) is 8.71. The van der Waals surface area contributed by atoms with Crippen LogP contribution in [0, 0.1) is 0 Å². The van der Waals surface area contributed by atoms with Crippen LogP contribution in [0.3, 0.4) is 0 Å². The molecular formula is C17H27NO3. The van der Waals surface area contributed by atoms with Gasteiger partial charge in [0.1, 0.15) is 0 Å². The predicted molar refractivity (Wildman–Crippen MR) is 84.3 cm³/mol. The highest BCUT2D eigenvalue weighted by Crippen LogP contribution is 2.08. The average Bonchev–Trinajstić information content (AvgIpc) is 2.47. The van der Waals surface area contributed by atoms with Crippen LogP contribution in [0.2, 0.25) is 0 Å². The highest BCUT2D eigenvalue weighted by atomic mass is 16.5. The monoisotopic (exact) mass is 293 g/mol. The zero-order valence-electron chi connectivity index (χ0n) is 13.1. The lowest BCUT2D eigenvalue weighted by molar-refractivity contribution is -0.121. The lowest BCUT2D eigenvalue weighted by Crippen LogP contribution is -2.39. The molecule has 21 heavy (non-hydrogen) atoms. The van der Waals surface area contributed by atoms with E-state index < -0.39 is 0 Å². The van der Waals surface area contributed by atoms with Gasteiger partial charge in [-0.05, 0) is 30.4 Å². The van der Waals surface area contributed by atoms with Crippen molar-refractivity contribution in [3.8, 4) is 0 Å². The van der Waals surface area contributed by atoms with Crippen molar-refractivity contribution in [2.24, 2.45) is 0 Å². The third-order valence-electron chi connectivity index (χ3n) is 3.42. The lowest BCUT2D eigenvalue weighted by atomic mass is 10.0. The molecule has 0 saturated carbocycles. The number of amides is 1. The van der Waals surface area contributed by atoms with Crippen LogP contribution in [0.4, 0.5) is 0 Å². The van der Waals surface area contributed by atoms with E-state index in [9.17, 15) is 4.79 Å². The number of benzene rings is 1. The number of aliphatic hydroxyl groups excluding tert-OH is 1. The van der Waals surface area contributed by atoms with Crippen LogP contribution in [-0.2, 0) is 22.4 Å². The Balaban J connectivity index is 2.46. The fourth-order valence-corrected chi connectivity index (χ4v) is 2.22. The Bertz CT molecular complexity index is 397. The second kappa shape index (κ2) is 10.4. The topological polar surface area (TPSA) is 58.6 Å². The summed E-state index contributed by atoms with van der Waals surface area (Å²) in [4.78, 5) is 12.0. The number of rotatable bonds is 10. The van der Waals surface area contributed by atoms with Crippen molar-refractivity contribution in [2.45, 2.75) is 45.1 Å². The van der Waals surface area contributed by atoms with Crippen molar-refractivity contribution in [1.29, 1.82) is 0 Å². The summed E-state index contributed by atoms with van der Waals surface area (Å²) >= 11 is 0. The molecule has 4 heteroatoms. The minimum atomic E-state index is -0.128. The zero-order valence-corrected chi connectivity index (χ0v) is 13.1. The molecule has 0 bridgehead atoms. The lowest BCUT2D eigenvalue weighted by Gasteiger charge is -2.16. The van der Waals surface area contributed by atoms with E-state index in [-0.39, 0.29) is 18.6 Å². The van der Waals surface area contributed by atoms with Gasteiger partial charge in [-0.1, -0.05) is 37.6 Å². The van der Waals surface area contributed by atoms with Crippen LogP contribution in [-0.4, -0.2) is 37.4 Å². The summed E-state index contributed by atoms with van der Waals surface area (Å²) in [5, 5.41) is 11.9. The van der Waals surface area contributed by atoms with Gasteiger partial charge in [0.15, 0.2) is 0 Å². The normalized spacial score (nSPS) is 12.1. The van der Waals surface area contributed by atoms with Crippen LogP contribution in [0.1, 0.15) is 37.3 Å². The van der Waals surface area contributed by atoms with Crippen molar-refractivity contribution >= 4 is 5.91 Å². The molecule has 0 fully saturated rings. The summed E-state index contributed by atoms with van der Waals surface area (Å²) in [6.45, 7) is 2.64. The molecule has 0 spiro atoms. The average molecular weight is 293 g/mol. The standard InChI is InChI=1S/C17H27NO3/c1-3-4-5-14-6-8-15(9-7-14)12-17(20)18-16(10-11-19)13-21-2/h6-9,16,19H,3-5,10-13H2,1-2H3,(H,18,20). The van der Waals surface area contributed by atoms with E-state index in [1.54, 1.807) is 7.11 Å². The van der Waals surface area contributed by atoms with Gasteiger partial charge in [-0.15, -0.1) is 0 Å². The highest BCUT2D eigenvalue weighted by Gasteiger charge is 2.12. The summed E-state index contributed by atoms with van der Waals surface area (Å²) in [7, 11) is 1.59.